The van der Waals surface area contributed by atoms with Crippen molar-refractivity contribution in [2.75, 3.05) is 0 Å². The van der Waals surface area contributed by atoms with Crippen molar-refractivity contribution in [3.8, 4) is 0 Å². The predicted molar refractivity (Wildman–Crippen MR) is 72.9 cm³/mol. The fourth-order valence-corrected chi connectivity index (χ4v) is 2.55. The second-order valence-corrected chi connectivity index (χ2v) is 5.69. The summed E-state index contributed by atoms with van der Waals surface area (Å²) in [6.07, 6.45) is -2.03. The van der Waals surface area contributed by atoms with Gasteiger partial charge < -0.3 is 9.87 Å². The number of carbonyl (C=O) groups excluding carboxylic acids is 1. The predicted octanol–water partition coefficient (Wildman–Crippen LogP) is 3.08. The number of carbonyl (C=O) groups is 1. The molecule has 2 rings (SSSR count). The summed E-state index contributed by atoms with van der Waals surface area (Å²) in [6.45, 7) is 0. The van der Waals surface area contributed by atoms with Gasteiger partial charge in [-0.2, -0.15) is 0 Å². The number of hydrogen-bond donors (Lipinski definition) is 1. The summed E-state index contributed by atoms with van der Waals surface area (Å²) >= 11 is 3.02. The van der Waals surface area contributed by atoms with Gasteiger partial charge in [-0.25, -0.2) is 13.2 Å². The molecule has 0 aliphatic heterocycles. The second-order valence-electron chi connectivity index (χ2n) is 4.37. The first-order chi connectivity index (χ1) is 10.3. The quantitative estimate of drug-likeness (QED) is 0.852. The van der Waals surface area contributed by atoms with Crippen molar-refractivity contribution < 1.29 is 26.7 Å². The third-order valence-electron chi connectivity index (χ3n) is 2.85. The fraction of sp³-hybridized carbons (Fsp3) is 0.154. The van der Waals surface area contributed by atoms with Crippen LogP contribution in [0.2, 0.25) is 5.02 Å². The lowest BCUT2D eigenvalue weighted by Crippen LogP contribution is -2.26. The molecule has 1 aliphatic rings. The van der Waals surface area contributed by atoms with Crippen molar-refractivity contribution in [1.82, 2.24) is 5.32 Å². The maximum absolute atomic E-state index is 13.2. The molecule has 4 nitrogen and oxygen atoms in total. The monoisotopic (exact) mass is 350 g/mol. The number of nitrogens with one attached hydrogen (secondary N) is 1. The smallest absolute Gasteiger partial charge is 0.255 e. The van der Waals surface area contributed by atoms with E-state index in [0.29, 0.717) is 6.08 Å². The van der Waals surface area contributed by atoms with E-state index in [0.717, 1.165) is 6.07 Å². The van der Waals surface area contributed by atoms with Gasteiger partial charge in [0.1, 0.15) is 0 Å². The average Bonchev–Trinajstić information content (AvgIpc) is 2.44. The molecule has 1 aromatic carbocycles. The Morgan fingerprint density at radius 3 is 2.68 bits per heavy atom. The largest absolute Gasteiger partial charge is 0.768 e. The number of alkyl halides is 1. The number of halogens is 4. The molecule has 118 valence electrons. The van der Waals surface area contributed by atoms with Gasteiger partial charge >= 0.3 is 0 Å². The Morgan fingerprint density at radius 2 is 2.09 bits per heavy atom. The molecule has 0 saturated heterocycles. The van der Waals surface area contributed by atoms with Crippen molar-refractivity contribution >= 4 is 28.6 Å². The topological polar surface area (TPSA) is 69.2 Å². The Morgan fingerprint density at radius 1 is 1.41 bits per heavy atom. The second kappa shape index (κ2) is 6.64. The molecule has 1 N–H and O–H groups in total. The van der Waals surface area contributed by atoms with Gasteiger partial charge in [0.05, 0.1) is 5.02 Å². The van der Waals surface area contributed by atoms with E-state index in [1.165, 1.54) is 12.1 Å². The zero-order chi connectivity index (χ0) is 16.4. The van der Waals surface area contributed by atoms with Gasteiger partial charge in [-0.15, -0.1) is 0 Å². The van der Waals surface area contributed by atoms with Crippen molar-refractivity contribution in [2.24, 2.45) is 0 Å². The highest BCUT2D eigenvalue weighted by Gasteiger charge is 2.25. The molecule has 0 bridgehead atoms. The van der Waals surface area contributed by atoms with Crippen LogP contribution in [0.25, 0.3) is 0 Å². The van der Waals surface area contributed by atoms with Gasteiger partial charge in [-0.1, -0.05) is 11.6 Å². The number of amides is 1. The summed E-state index contributed by atoms with van der Waals surface area (Å²) in [7, 11) is 0. The third kappa shape index (κ3) is 3.57. The van der Waals surface area contributed by atoms with E-state index in [9.17, 15) is 26.7 Å². The van der Waals surface area contributed by atoms with E-state index in [1.807, 2.05) is 0 Å². The van der Waals surface area contributed by atoms with Crippen molar-refractivity contribution in [3.05, 3.63) is 52.2 Å². The molecule has 22 heavy (non-hydrogen) atoms. The molecule has 2 atom stereocenters. The maximum Gasteiger partial charge on any atom is 0.255 e. The highest BCUT2D eigenvalue weighted by atomic mass is 35.5. The zero-order valence-corrected chi connectivity index (χ0v) is 12.3. The molecule has 0 radical (unpaired) electrons. The summed E-state index contributed by atoms with van der Waals surface area (Å²) in [5.41, 5.74) is -0.230. The first-order valence-electron chi connectivity index (χ1n) is 5.89. The highest BCUT2D eigenvalue weighted by molar-refractivity contribution is 7.79. The Labute approximate surface area is 130 Å². The fourth-order valence-electron chi connectivity index (χ4n) is 1.79. The molecular weight excluding hydrogens is 343 g/mol. The van der Waals surface area contributed by atoms with Crippen LogP contribution in [-0.2, 0) is 11.1 Å². The van der Waals surface area contributed by atoms with E-state index in [1.54, 1.807) is 0 Å². The Kier molecular flexibility index (Phi) is 5.05. The SMILES string of the molecule is O=C(NC1=CC(F)=C(F)C(F)C1)c1ccc(Cl)c(S(=O)[O-])c1. The van der Waals surface area contributed by atoms with Crippen molar-refractivity contribution in [3.63, 3.8) is 0 Å². The molecule has 9 heteroatoms. The minimum absolute atomic E-state index is 0.0679. The van der Waals surface area contributed by atoms with E-state index < -0.39 is 41.2 Å². The molecular formula is C13H8ClF3NO3S-. The number of benzene rings is 1. The van der Waals surface area contributed by atoms with E-state index >= 15 is 0 Å². The summed E-state index contributed by atoms with van der Waals surface area (Å²) in [6, 6.07) is 3.47. The highest BCUT2D eigenvalue weighted by Crippen LogP contribution is 2.28. The van der Waals surface area contributed by atoms with Crippen molar-refractivity contribution in [1.29, 1.82) is 0 Å². The lowest BCUT2D eigenvalue weighted by Gasteiger charge is -2.17. The van der Waals surface area contributed by atoms with E-state index in [4.69, 9.17) is 11.6 Å². The zero-order valence-electron chi connectivity index (χ0n) is 10.7. The van der Waals surface area contributed by atoms with Crippen LogP contribution < -0.4 is 5.32 Å². The molecule has 1 aliphatic carbocycles. The molecule has 1 aromatic rings. The Hall–Kier alpha value is -1.64. The molecule has 0 saturated carbocycles. The molecule has 0 aromatic heterocycles. The van der Waals surface area contributed by atoms with Gasteiger partial charge in [-0.05, 0) is 35.4 Å². The lowest BCUT2D eigenvalue weighted by atomic mass is 10.1. The lowest BCUT2D eigenvalue weighted by molar-refractivity contribution is 0.0962. The number of allylic oxidation sites excluding steroid dienone is 4. The van der Waals surface area contributed by atoms with E-state index in [-0.39, 0.29) is 21.2 Å². The molecule has 2 unspecified atom stereocenters. The van der Waals surface area contributed by atoms with E-state index in [2.05, 4.69) is 5.32 Å². The minimum atomic E-state index is -2.64. The van der Waals surface area contributed by atoms with Gasteiger partial charge in [0, 0.05) is 22.6 Å². The maximum atomic E-state index is 13.2. The normalized spacial score (nSPS) is 19.7. The van der Waals surface area contributed by atoms with Crippen LogP contribution in [0.1, 0.15) is 16.8 Å². The third-order valence-corrected chi connectivity index (χ3v) is 3.99. The Balaban J connectivity index is 2.22. The number of rotatable bonds is 3. The molecule has 0 spiro atoms. The van der Waals surface area contributed by atoms with Crippen LogP contribution in [0.3, 0.4) is 0 Å². The van der Waals surface area contributed by atoms with Crippen LogP contribution >= 0.6 is 11.6 Å². The van der Waals surface area contributed by atoms with Gasteiger partial charge in [0.15, 0.2) is 17.8 Å². The number of hydrogen-bond acceptors (Lipinski definition) is 3. The van der Waals surface area contributed by atoms with Crippen molar-refractivity contribution in [2.45, 2.75) is 17.5 Å². The summed E-state index contributed by atoms with van der Waals surface area (Å²) in [5.74, 6) is -3.71. The summed E-state index contributed by atoms with van der Waals surface area (Å²) in [5, 5.41) is 2.13. The van der Waals surface area contributed by atoms with Gasteiger partial charge in [-0.3, -0.25) is 9.00 Å². The summed E-state index contributed by atoms with van der Waals surface area (Å²) in [4.78, 5) is 11.7. The average molecular weight is 351 g/mol. The molecule has 0 heterocycles. The van der Waals surface area contributed by atoms with Gasteiger partial charge in [0.2, 0.25) is 0 Å². The molecule has 0 fully saturated rings. The standard InChI is InChI=1S/C13H9ClF3NO3S/c14-8-2-1-6(3-11(8)22(20)21)13(19)18-7-4-9(15)12(17)10(16)5-7/h1-4,10H,5H2,(H,18,19)(H,20,21)/p-1. The van der Waals surface area contributed by atoms with Crippen LogP contribution in [0, 0.1) is 0 Å². The van der Waals surface area contributed by atoms with Crippen LogP contribution in [0.5, 0.6) is 0 Å². The minimum Gasteiger partial charge on any atom is -0.768 e. The van der Waals surface area contributed by atoms with Crippen LogP contribution in [0.4, 0.5) is 13.2 Å². The van der Waals surface area contributed by atoms with Crippen LogP contribution in [-0.4, -0.2) is 20.8 Å². The molecule has 1 amide bonds. The summed E-state index contributed by atoms with van der Waals surface area (Å²) < 4.78 is 61.0. The van der Waals surface area contributed by atoms with Gasteiger partial charge in [0.25, 0.3) is 5.91 Å². The first kappa shape index (κ1) is 16.7. The Bertz CT molecular complexity index is 720. The van der Waals surface area contributed by atoms with Crippen LogP contribution in [0.15, 0.2) is 46.5 Å². The first-order valence-corrected chi connectivity index (χ1v) is 7.35.